The molecule has 1 N–H and O–H groups in total. The van der Waals surface area contributed by atoms with Gasteiger partial charge < -0.3 is 15.1 Å². The van der Waals surface area contributed by atoms with Gasteiger partial charge in [-0.25, -0.2) is 0 Å². The normalized spacial score (nSPS) is 23.1. The molecule has 2 saturated heterocycles. The number of hydrogen-bond donors (Lipinski definition) is 1. The smallest absolute Gasteiger partial charge is 0.239 e. The van der Waals surface area contributed by atoms with Gasteiger partial charge in [0.25, 0.3) is 0 Å². The molecule has 32 heavy (non-hydrogen) atoms. The molecule has 2 aliphatic heterocycles. The number of benzene rings is 2. The van der Waals surface area contributed by atoms with E-state index in [9.17, 15) is 4.79 Å². The first kappa shape index (κ1) is 23.2. The minimum Gasteiger partial charge on any atom is -0.342 e. The molecule has 2 atom stereocenters. The van der Waals surface area contributed by atoms with Crippen LogP contribution in [0.15, 0.2) is 42.5 Å². The van der Waals surface area contributed by atoms with Crippen LogP contribution in [0.1, 0.15) is 45.6 Å². The van der Waals surface area contributed by atoms with E-state index in [0.29, 0.717) is 18.0 Å². The highest BCUT2D eigenvalue weighted by atomic mass is 16.2. The van der Waals surface area contributed by atoms with Gasteiger partial charge in [-0.2, -0.15) is 0 Å². The highest BCUT2D eigenvalue weighted by Gasteiger charge is 2.39. The lowest BCUT2D eigenvalue weighted by Crippen LogP contribution is -2.46. The van der Waals surface area contributed by atoms with Crippen molar-refractivity contribution in [3.05, 3.63) is 48.0 Å². The number of likely N-dealkylation sites (N-methyl/N-ethyl adjacent to an activating group) is 1. The SMILES string of the molecule is CCN1CCC(N[C@H]2C[C@@H](C(=O)N(CC)CC)N(Cc3cccc4ccccc34)C2)CC1. The lowest BCUT2D eigenvalue weighted by Gasteiger charge is -2.33. The standard InChI is InChI=1S/C27H40N4O/c1-4-29-16-14-23(15-17-29)28-24-18-26(27(32)30(5-2)6-3)31(20-24)19-22-12-9-11-21-10-7-8-13-25(21)22/h7-13,23-24,26,28H,4-6,14-20H2,1-3H3/t24-,26-/m0/s1. The first-order valence-electron chi connectivity index (χ1n) is 12.6. The van der Waals surface area contributed by atoms with Crippen LogP contribution >= 0.6 is 0 Å². The Morgan fingerprint density at radius 2 is 1.72 bits per heavy atom. The molecule has 0 unspecified atom stereocenters. The number of carbonyl (C=O) groups excluding carboxylic acids is 1. The van der Waals surface area contributed by atoms with Crippen LogP contribution in [0.4, 0.5) is 0 Å². The van der Waals surface area contributed by atoms with E-state index in [1.807, 2.05) is 4.90 Å². The summed E-state index contributed by atoms with van der Waals surface area (Å²) in [7, 11) is 0. The molecule has 2 heterocycles. The van der Waals surface area contributed by atoms with Crippen LogP contribution in [0.5, 0.6) is 0 Å². The van der Waals surface area contributed by atoms with Crippen LogP contribution in [0.3, 0.4) is 0 Å². The number of piperidine rings is 1. The summed E-state index contributed by atoms with van der Waals surface area (Å²) < 4.78 is 0. The van der Waals surface area contributed by atoms with Crippen molar-refractivity contribution in [2.75, 3.05) is 39.3 Å². The van der Waals surface area contributed by atoms with E-state index in [1.165, 1.54) is 42.3 Å². The molecule has 1 amide bonds. The molecule has 0 bridgehead atoms. The van der Waals surface area contributed by atoms with Gasteiger partial charge >= 0.3 is 0 Å². The van der Waals surface area contributed by atoms with Gasteiger partial charge in [0.2, 0.25) is 5.91 Å². The number of nitrogens with one attached hydrogen (secondary N) is 1. The van der Waals surface area contributed by atoms with Crippen LogP contribution in [-0.2, 0) is 11.3 Å². The highest BCUT2D eigenvalue weighted by Crippen LogP contribution is 2.27. The first-order valence-corrected chi connectivity index (χ1v) is 12.6. The zero-order valence-electron chi connectivity index (χ0n) is 20.1. The van der Waals surface area contributed by atoms with Gasteiger partial charge in [0.05, 0.1) is 6.04 Å². The number of amides is 1. The number of hydrogen-bond acceptors (Lipinski definition) is 4. The number of likely N-dealkylation sites (tertiary alicyclic amines) is 2. The summed E-state index contributed by atoms with van der Waals surface area (Å²) in [5.41, 5.74) is 1.32. The molecule has 0 aromatic heterocycles. The number of carbonyl (C=O) groups is 1. The Kier molecular flexibility index (Phi) is 7.82. The Morgan fingerprint density at radius 1 is 1.00 bits per heavy atom. The lowest BCUT2D eigenvalue weighted by atomic mass is 10.0. The fourth-order valence-electron chi connectivity index (χ4n) is 5.60. The van der Waals surface area contributed by atoms with E-state index >= 15 is 0 Å². The third-order valence-corrected chi connectivity index (χ3v) is 7.52. The summed E-state index contributed by atoms with van der Waals surface area (Å²) in [4.78, 5) is 20.4. The number of fused-ring (bicyclic) bond motifs is 1. The van der Waals surface area contributed by atoms with Gasteiger partial charge in [-0.1, -0.05) is 49.4 Å². The van der Waals surface area contributed by atoms with Gasteiger partial charge in [-0.15, -0.1) is 0 Å². The maximum absolute atomic E-state index is 13.4. The van der Waals surface area contributed by atoms with Crippen molar-refractivity contribution in [1.29, 1.82) is 0 Å². The van der Waals surface area contributed by atoms with Crippen LogP contribution in [0, 0.1) is 0 Å². The zero-order chi connectivity index (χ0) is 22.5. The van der Waals surface area contributed by atoms with E-state index < -0.39 is 0 Å². The molecular formula is C27H40N4O. The third kappa shape index (κ3) is 5.16. The van der Waals surface area contributed by atoms with Crippen molar-refractivity contribution in [1.82, 2.24) is 20.0 Å². The van der Waals surface area contributed by atoms with E-state index in [2.05, 4.69) is 78.4 Å². The van der Waals surface area contributed by atoms with Crippen molar-refractivity contribution in [3.63, 3.8) is 0 Å². The lowest BCUT2D eigenvalue weighted by molar-refractivity contribution is -0.135. The van der Waals surface area contributed by atoms with Gasteiger partial charge in [-0.3, -0.25) is 9.69 Å². The maximum atomic E-state index is 13.4. The molecule has 5 nitrogen and oxygen atoms in total. The van der Waals surface area contributed by atoms with Crippen molar-refractivity contribution < 1.29 is 4.79 Å². The number of nitrogens with zero attached hydrogens (tertiary/aromatic N) is 3. The maximum Gasteiger partial charge on any atom is 0.239 e. The van der Waals surface area contributed by atoms with Crippen molar-refractivity contribution in [2.45, 2.75) is 64.7 Å². The molecule has 4 rings (SSSR count). The largest absolute Gasteiger partial charge is 0.342 e. The van der Waals surface area contributed by atoms with E-state index in [4.69, 9.17) is 0 Å². The van der Waals surface area contributed by atoms with Crippen LogP contribution in [0.2, 0.25) is 0 Å². The van der Waals surface area contributed by atoms with Gasteiger partial charge in [0.15, 0.2) is 0 Å². The van der Waals surface area contributed by atoms with E-state index in [0.717, 1.165) is 39.1 Å². The fourth-order valence-corrected chi connectivity index (χ4v) is 5.60. The van der Waals surface area contributed by atoms with Gasteiger partial charge in [0, 0.05) is 38.3 Å². The third-order valence-electron chi connectivity index (χ3n) is 7.52. The predicted octanol–water partition coefficient (Wildman–Crippen LogP) is 3.73. The second-order valence-electron chi connectivity index (χ2n) is 9.40. The molecule has 5 heteroatoms. The quantitative estimate of drug-likeness (QED) is 0.685. The number of rotatable bonds is 8. The average Bonchev–Trinajstić information content (AvgIpc) is 3.22. The molecule has 0 spiro atoms. The topological polar surface area (TPSA) is 38.8 Å². The van der Waals surface area contributed by atoms with Crippen molar-refractivity contribution >= 4 is 16.7 Å². The molecular weight excluding hydrogens is 396 g/mol. The summed E-state index contributed by atoms with van der Waals surface area (Å²) >= 11 is 0. The first-order chi connectivity index (χ1) is 15.6. The summed E-state index contributed by atoms with van der Waals surface area (Å²) in [6.45, 7) is 13.3. The molecule has 174 valence electrons. The molecule has 2 fully saturated rings. The van der Waals surface area contributed by atoms with Crippen molar-refractivity contribution in [3.8, 4) is 0 Å². The minimum absolute atomic E-state index is 0.0397. The second-order valence-corrected chi connectivity index (χ2v) is 9.40. The molecule has 0 radical (unpaired) electrons. The average molecular weight is 437 g/mol. The molecule has 2 aromatic carbocycles. The second kappa shape index (κ2) is 10.8. The molecule has 0 aliphatic carbocycles. The summed E-state index contributed by atoms with van der Waals surface area (Å²) in [5.74, 6) is 0.292. The van der Waals surface area contributed by atoms with Crippen LogP contribution < -0.4 is 5.32 Å². The van der Waals surface area contributed by atoms with Gasteiger partial charge in [-0.05, 0) is 69.1 Å². The Labute approximate surface area is 193 Å². The predicted molar refractivity (Wildman–Crippen MR) is 133 cm³/mol. The summed E-state index contributed by atoms with van der Waals surface area (Å²) in [6.07, 6.45) is 3.33. The van der Waals surface area contributed by atoms with Crippen molar-refractivity contribution in [2.24, 2.45) is 0 Å². The van der Waals surface area contributed by atoms with Crippen LogP contribution in [-0.4, -0.2) is 78.0 Å². The highest BCUT2D eigenvalue weighted by molar-refractivity contribution is 5.86. The fraction of sp³-hybridized carbons (Fsp3) is 0.593. The van der Waals surface area contributed by atoms with Crippen LogP contribution in [0.25, 0.3) is 10.8 Å². The summed E-state index contributed by atoms with van der Waals surface area (Å²) in [6, 6.07) is 16.1. The van der Waals surface area contributed by atoms with Gasteiger partial charge in [0.1, 0.15) is 0 Å². The summed E-state index contributed by atoms with van der Waals surface area (Å²) in [5, 5.41) is 6.51. The molecule has 2 aliphatic rings. The monoisotopic (exact) mass is 436 g/mol. The van der Waals surface area contributed by atoms with E-state index in [-0.39, 0.29) is 6.04 Å². The van der Waals surface area contributed by atoms with E-state index in [1.54, 1.807) is 0 Å². The minimum atomic E-state index is -0.0397. The molecule has 0 saturated carbocycles. The Balaban J connectivity index is 1.50. The zero-order valence-corrected chi connectivity index (χ0v) is 20.1. The Hall–Kier alpha value is -1.95. The Bertz CT molecular complexity index is 883. The Morgan fingerprint density at radius 3 is 2.44 bits per heavy atom. The molecule has 2 aromatic rings.